The van der Waals surface area contributed by atoms with E-state index in [0.717, 1.165) is 36.4 Å². The normalized spacial score (nSPS) is 33.9. The van der Waals surface area contributed by atoms with E-state index in [1.165, 1.54) is 37.1 Å². The predicted molar refractivity (Wildman–Crippen MR) is 111 cm³/mol. The van der Waals surface area contributed by atoms with Gasteiger partial charge < -0.3 is 20.1 Å². The van der Waals surface area contributed by atoms with E-state index in [-0.39, 0.29) is 0 Å². The molecule has 2 aliphatic carbocycles. The molecule has 2 aromatic rings. The fourth-order valence-corrected chi connectivity index (χ4v) is 5.43. The molecular weight excluding hydrogens is 348 g/mol. The predicted octanol–water partition coefficient (Wildman–Crippen LogP) is 3.11. The summed E-state index contributed by atoms with van der Waals surface area (Å²) in [6.45, 7) is 4.71. The Morgan fingerprint density at radius 3 is 1.32 bits per heavy atom. The van der Waals surface area contributed by atoms with Crippen LogP contribution in [0.5, 0.6) is 11.5 Å². The monoisotopic (exact) mass is 378 g/mol. The van der Waals surface area contributed by atoms with Crippen molar-refractivity contribution in [3.63, 3.8) is 0 Å². The molecule has 4 atom stereocenters. The van der Waals surface area contributed by atoms with Gasteiger partial charge in [-0.2, -0.15) is 0 Å². The Morgan fingerprint density at radius 2 is 1.07 bits per heavy atom. The minimum absolute atomic E-state index is 0.478. The van der Waals surface area contributed by atoms with Crippen LogP contribution in [0.25, 0.3) is 0 Å². The molecule has 2 aliphatic heterocycles. The summed E-state index contributed by atoms with van der Waals surface area (Å²) in [6, 6.07) is 17.1. The van der Waals surface area contributed by atoms with Gasteiger partial charge in [0.1, 0.15) is 11.5 Å². The van der Waals surface area contributed by atoms with Gasteiger partial charge in [0, 0.05) is 23.9 Å². The van der Waals surface area contributed by atoms with Crippen molar-refractivity contribution in [1.82, 2.24) is 10.6 Å². The Balaban J connectivity index is 0.000000122. The van der Waals surface area contributed by atoms with Crippen LogP contribution in [0.4, 0.5) is 0 Å². The zero-order valence-corrected chi connectivity index (χ0v) is 16.8. The van der Waals surface area contributed by atoms with Crippen molar-refractivity contribution < 1.29 is 9.47 Å². The van der Waals surface area contributed by atoms with E-state index < -0.39 is 0 Å². The molecule has 0 amide bonds. The number of benzene rings is 2. The van der Waals surface area contributed by atoms with Gasteiger partial charge in [-0.1, -0.05) is 24.3 Å². The van der Waals surface area contributed by atoms with Crippen LogP contribution in [-0.4, -0.2) is 40.4 Å². The van der Waals surface area contributed by atoms with Gasteiger partial charge in [-0.3, -0.25) is 0 Å². The average molecular weight is 379 g/mol. The first kappa shape index (κ1) is 18.0. The summed E-state index contributed by atoms with van der Waals surface area (Å²) in [7, 11) is 3.43. The maximum absolute atomic E-state index is 5.16. The van der Waals surface area contributed by atoms with Gasteiger partial charge in [-0.25, -0.2) is 0 Å². The van der Waals surface area contributed by atoms with Crippen LogP contribution in [0.1, 0.15) is 24.0 Å². The minimum atomic E-state index is 0.478. The highest BCUT2D eigenvalue weighted by atomic mass is 16.5. The molecule has 2 saturated carbocycles. The molecule has 148 valence electrons. The zero-order valence-electron chi connectivity index (χ0n) is 16.8. The topological polar surface area (TPSA) is 42.5 Å². The number of hydrogen-bond acceptors (Lipinski definition) is 4. The molecule has 0 bridgehead atoms. The first-order valence-corrected chi connectivity index (χ1v) is 10.4. The summed E-state index contributed by atoms with van der Waals surface area (Å²) in [5.74, 6) is 3.67. The highest BCUT2D eigenvalue weighted by molar-refractivity contribution is 5.41. The standard InChI is InChI=1S/2C12H15NO/c2*1-14-11-4-2-9(3-5-11)12-6-10(12)7-13-8-12/h2*2-5,10,13H,6-8H2,1H3/t2*10-,12+/m10/s1. The van der Waals surface area contributed by atoms with Gasteiger partial charge in [0.15, 0.2) is 0 Å². The molecule has 2 saturated heterocycles. The second-order valence-corrected chi connectivity index (χ2v) is 8.83. The quantitative estimate of drug-likeness (QED) is 0.858. The van der Waals surface area contributed by atoms with Crippen LogP contribution in [0.15, 0.2) is 48.5 Å². The highest BCUT2D eigenvalue weighted by Crippen LogP contribution is 2.57. The summed E-state index contributed by atoms with van der Waals surface area (Å²) < 4.78 is 10.3. The van der Waals surface area contributed by atoms with Crippen molar-refractivity contribution in [3.8, 4) is 11.5 Å². The molecule has 2 heterocycles. The molecule has 4 aliphatic rings. The Labute approximate surface area is 167 Å². The van der Waals surface area contributed by atoms with Crippen LogP contribution in [0, 0.1) is 11.8 Å². The van der Waals surface area contributed by atoms with E-state index in [2.05, 4.69) is 59.2 Å². The lowest BCUT2D eigenvalue weighted by molar-refractivity contribution is 0.414. The molecule has 6 rings (SSSR count). The number of hydrogen-bond donors (Lipinski definition) is 2. The first-order valence-electron chi connectivity index (χ1n) is 10.4. The lowest BCUT2D eigenvalue weighted by Crippen LogP contribution is -2.19. The van der Waals surface area contributed by atoms with Crippen LogP contribution in [0.2, 0.25) is 0 Å². The Kier molecular flexibility index (Phi) is 4.37. The van der Waals surface area contributed by atoms with Crippen molar-refractivity contribution in [1.29, 1.82) is 0 Å². The van der Waals surface area contributed by atoms with Crippen molar-refractivity contribution >= 4 is 0 Å². The molecule has 0 unspecified atom stereocenters. The largest absolute Gasteiger partial charge is 0.497 e. The number of ether oxygens (including phenoxy) is 2. The molecule has 4 nitrogen and oxygen atoms in total. The molecule has 4 heteroatoms. The third kappa shape index (κ3) is 2.90. The fourth-order valence-electron chi connectivity index (χ4n) is 5.43. The van der Waals surface area contributed by atoms with E-state index in [1.54, 1.807) is 14.2 Å². The SMILES string of the molecule is COc1ccc([C@@]23CNC[C@@H]2C3)cc1.COc1ccc([C@]23CNC[C@H]2C3)cc1. The molecule has 2 N–H and O–H groups in total. The molecule has 2 aromatic carbocycles. The van der Waals surface area contributed by atoms with Gasteiger partial charge in [0.25, 0.3) is 0 Å². The molecular formula is C24H30N2O2. The number of nitrogens with one attached hydrogen (secondary N) is 2. The lowest BCUT2D eigenvalue weighted by Gasteiger charge is -2.12. The van der Waals surface area contributed by atoms with Crippen LogP contribution < -0.4 is 20.1 Å². The summed E-state index contributed by atoms with van der Waals surface area (Å²) in [4.78, 5) is 0. The third-order valence-corrected chi connectivity index (χ3v) is 7.46. The van der Waals surface area contributed by atoms with E-state index >= 15 is 0 Å². The van der Waals surface area contributed by atoms with Crippen molar-refractivity contribution in [2.24, 2.45) is 11.8 Å². The number of rotatable bonds is 4. The van der Waals surface area contributed by atoms with Gasteiger partial charge >= 0.3 is 0 Å². The molecule has 0 radical (unpaired) electrons. The average Bonchev–Trinajstić information content (AvgIpc) is 3.56. The Morgan fingerprint density at radius 1 is 0.679 bits per heavy atom. The van der Waals surface area contributed by atoms with E-state index in [0.29, 0.717) is 10.8 Å². The molecule has 28 heavy (non-hydrogen) atoms. The smallest absolute Gasteiger partial charge is 0.118 e. The Hall–Kier alpha value is -2.04. The molecule has 0 spiro atoms. The van der Waals surface area contributed by atoms with Gasteiger partial charge in [0.2, 0.25) is 0 Å². The first-order chi connectivity index (χ1) is 13.7. The van der Waals surface area contributed by atoms with Crippen LogP contribution >= 0.6 is 0 Å². The summed E-state index contributed by atoms with van der Waals surface area (Å²) in [5, 5.41) is 6.92. The highest BCUT2D eigenvalue weighted by Gasteiger charge is 2.58. The maximum atomic E-state index is 5.16. The molecule has 0 aromatic heterocycles. The van der Waals surface area contributed by atoms with E-state index in [4.69, 9.17) is 9.47 Å². The fraction of sp³-hybridized carbons (Fsp3) is 0.500. The number of methoxy groups -OCH3 is 2. The van der Waals surface area contributed by atoms with Gasteiger partial charge in [-0.05, 0) is 73.2 Å². The third-order valence-electron chi connectivity index (χ3n) is 7.46. The minimum Gasteiger partial charge on any atom is -0.497 e. The van der Waals surface area contributed by atoms with Crippen molar-refractivity contribution in [3.05, 3.63) is 59.7 Å². The maximum Gasteiger partial charge on any atom is 0.118 e. The van der Waals surface area contributed by atoms with Crippen LogP contribution in [-0.2, 0) is 10.8 Å². The van der Waals surface area contributed by atoms with Gasteiger partial charge in [-0.15, -0.1) is 0 Å². The zero-order chi connectivity index (χ0) is 19.2. The number of piperidine rings is 2. The summed E-state index contributed by atoms with van der Waals surface area (Å²) in [6.07, 6.45) is 2.73. The van der Waals surface area contributed by atoms with Crippen LogP contribution in [0.3, 0.4) is 0 Å². The Bertz CT molecular complexity index is 763. The second kappa shape index (κ2) is 6.78. The summed E-state index contributed by atoms with van der Waals surface area (Å²) in [5.41, 5.74) is 3.92. The number of fused-ring (bicyclic) bond motifs is 2. The lowest BCUT2D eigenvalue weighted by atomic mass is 9.95. The van der Waals surface area contributed by atoms with E-state index in [9.17, 15) is 0 Å². The van der Waals surface area contributed by atoms with Gasteiger partial charge in [0.05, 0.1) is 14.2 Å². The van der Waals surface area contributed by atoms with Crippen molar-refractivity contribution in [2.75, 3.05) is 40.4 Å². The summed E-state index contributed by atoms with van der Waals surface area (Å²) >= 11 is 0. The molecule has 4 fully saturated rings. The van der Waals surface area contributed by atoms with E-state index in [1.807, 2.05) is 0 Å². The van der Waals surface area contributed by atoms with Crippen molar-refractivity contribution in [2.45, 2.75) is 23.7 Å². The second-order valence-electron chi connectivity index (χ2n) is 8.83.